The molecule has 17 heavy (non-hydrogen) atoms. The zero-order chi connectivity index (χ0) is 13.0. The smallest absolute Gasteiger partial charge is 0.313 e. The topological polar surface area (TPSA) is 60.4 Å². The summed E-state index contributed by atoms with van der Waals surface area (Å²) in [5, 5.41) is 0. The summed E-state index contributed by atoms with van der Waals surface area (Å²) >= 11 is 0. The molecule has 0 radical (unpaired) electrons. The van der Waals surface area contributed by atoms with Crippen LogP contribution in [-0.2, 0) is 19.1 Å². The van der Waals surface area contributed by atoms with E-state index in [9.17, 15) is 14.4 Å². The van der Waals surface area contributed by atoms with Gasteiger partial charge in [-0.05, 0) is 32.6 Å². The number of hydrogen-bond donors (Lipinski definition) is 0. The third-order valence-electron chi connectivity index (χ3n) is 3.50. The predicted octanol–water partition coefficient (Wildman–Crippen LogP) is 1.76. The molecule has 0 amide bonds. The van der Waals surface area contributed by atoms with Crippen LogP contribution >= 0.6 is 0 Å². The van der Waals surface area contributed by atoms with Crippen LogP contribution in [0.4, 0.5) is 0 Å². The quantitative estimate of drug-likeness (QED) is 0.542. The van der Waals surface area contributed by atoms with E-state index in [2.05, 4.69) is 0 Å². The highest BCUT2D eigenvalue weighted by Gasteiger charge is 2.41. The van der Waals surface area contributed by atoms with Gasteiger partial charge in [-0.1, -0.05) is 6.92 Å². The van der Waals surface area contributed by atoms with Crippen molar-refractivity contribution in [2.45, 2.75) is 40.0 Å². The third kappa shape index (κ3) is 3.38. The molecule has 0 bridgehead atoms. The molecule has 96 valence electrons. The van der Waals surface area contributed by atoms with Crippen LogP contribution in [0.3, 0.4) is 0 Å². The monoisotopic (exact) mass is 240 g/mol. The molecule has 0 aromatic heterocycles. The molecule has 0 saturated heterocycles. The Kier molecular flexibility index (Phi) is 4.85. The molecule has 0 spiro atoms. The van der Waals surface area contributed by atoms with E-state index in [1.165, 1.54) is 6.92 Å². The van der Waals surface area contributed by atoms with E-state index in [0.29, 0.717) is 0 Å². The van der Waals surface area contributed by atoms with Crippen LogP contribution in [0.15, 0.2) is 0 Å². The lowest BCUT2D eigenvalue weighted by molar-refractivity contribution is -0.147. The van der Waals surface area contributed by atoms with Gasteiger partial charge in [-0.15, -0.1) is 0 Å². The standard InChI is InChI=1S/C13H20O4/c1-4-17-12(16)7-11(15)13-8(2)5-6-10(13)9(3)14/h8,10,13H,4-7H2,1-3H3/t8-,10+,13-/m1/s1. The summed E-state index contributed by atoms with van der Waals surface area (Å²) in [5.41, 5.74) is 0. The maximum absolute atomic E-state index is 12.0. The van der Waals surface area contributed by atoms with Gasteiger partial charge in [0.05, 0.1) is 6.61 Å². The minimum Gasteiger partial charge on any atom is -0.466 e. The summed E-state index contributed by atoms with van der Waals surface area (Å²) in [6.07, 6.45) is 1.44. The van der Waals surface area contributed by atoms with Crippen LogP contribution in [-0.4, -0.2) is 24.1 Å². The molecule has 0 N–H and O–H groups in total. The van der Waals surface area contributed by atoms with Crippen molar-refractivity contribution in [3.8, 4) is 0 Å². The lowest BCUT2D eigenvalue weighted by Gasteiger charge is -2.19. The molecular weight excluding hydrogens is 220 g/mol. The van der Waals surface area contributed by atoms with Crippen molar-refractivity contribution in [3.63, 3.8) is 0 Å². The summed E-state index contributed by atoms with van der Waals surface area (Å²) in [5.74, 6) is -0.890. The van der Waals surface area contributed by atoms with Crippen molar-refractivity contribution in [1.82, 2.24) is 0 Å². The van der Waals surface area contributed by atoms with E-state index in [4.69, 9.17) is 4.74 Å². The highest BCUT2D eigenvalue weighted by molar-refractivity contribution is 5.99. The van der Waals surface area contributed by atoms with Crippen molar-refractivity contribution in [2.24, 2.45) is 17.8 Å². The number of rotatable bonds is 5. The fraction of sp³-hybridized carbons (Fsp3) is 0.769. The Morgan fingerprint density at radius 1 is 1.24 bits per heavy atom. The lowest BCUT2D eigenvalue weighted by atomic mass is 9.83. The SMILES string of the molecule is CCOC(=O)CC(=O)[C@@H]1[C@H](C)CC[C@H]1C(C)=O. The maximum atomic E-state index is 12.0. The van der Waals surface area contributed by atoms with Gasteiger partial charge in [0.25, 0.3) is 0 Å². The van der Waals surface area contributed by atoms with Gasteiger partial charge in [0.2, 0.25) is 0 Å². The van der Waals surface area contributed by atoms with E-state index >= 15 is 0 Å². The second-order valence-electron chi connectivity index (χ2n) is 4.75. The molecule has 1 fully saturated rings. The first kappa shape index (κ1) is 13.9. The minimum absolute atomic E-state index is 0.0524. The van der Waals surface area contributed by atoms with Gasteiger partial charge in [0, 0.05) is 11.8 Å². The summed E-state index contributed by atoms with van der Waals surface area (Å²) in [4.78, 5) is 34.7. The summed E-state index contributed by atoms with van der Waals surface area (Å²) in [6, 6.07) is 0. The van der Waals surface area contributed by atoms with Crippen molar-refractivity contribution in [2.75, 3.05) is 6.61 Å². The Morgan fingerprint density at radius 3 is 2.41 bits per heavy atom. The van der Waals surface area contributed by atoms with Crippen LogP contribution in [0.2, 0.25) is 0 Å². The number of carbonyl (C=O) groups excluding carboxylic acids is 3. The fourth-order valence-electron chi connectivity index (χ4n) is 2.67. The van der Waals surface area contributed by atoms with Crippen molar-refractivity contribution in [1.29, 1.82) is 0 Å². The zero-order valence-electron chi connectivity index (χ0n) is 10.7. The Morgan fingerprint density at radius 2 is 1.88 bits per heavy atom. The first-order chi connectivity index (χ1) is 7.97. The van der Waals surface area contributed by atoms with Gasteiger partial charge in [0.1, 0.15) is 18.0 Å². The Hall–Kier alpha value is -1.19. The highest BCUT2D eigenvalue weighted by atomic mass is 16.5. The van der Waals surface area contributed by atoms with Gasteiger partial charge in [-0.2, -0.15) is 0 Å². The summed E-state index contributed by atoms with van der Waals surface area (Å²) in [6.45, 7) is 5.48. The molecule has 0 unspecified atom stereocenters. The molecule has 1 aliphatic carbocycles. The Labute approximate surface area is 102 Å². The summed E-state index contributed by atoms with van der Waals surface area (Å²) in [7, 11) is 0. The molecule has 1 saturated carbocycles. The van der Waals surface area contributed by atoms with E-state index < -0.39 is 5.97 Å². The fourth-order valence-corrected chi connectivity index (χ4v) is 2.67. The number of ketones is 2. The van der Waals surface area contributed by atoms with Crippen molar-refractivity contribution < 1.29 is 19.1 Å². The van der Waals surface area contributed by atoms with E-state index in [0.717, 1.165) is 12.8 Å². The Bertz CT molecular complexity index is 321. The second-order valence-corrected chi connectivity index (χ2v) is 4.75. The van der Waals surface area contributed by atoms with Gasteiger partial charge >= 0.3 is 5.97 Å². The van der Waals surface area contributed by atoms with Gasteiger partial charge in [-0.3, -0.25) is 14.4 Å². The van der Waals surface area contributed by atoms with Crippen molar-refractivity contribution in [3.05, 3.63) is 0 Å². The average molecular weight is 240 g/mol. The number of Topliss-reactive ketones (excluding diaryl/α,β-unsaturated/α-hetero) is 2. The number of carbonyl (C=O) groups is 3. The van der Waals surface area contributed by atoms with Gasteiger partial charge in [0.15, 0.2) is 0 Å². The molecule has 4 nitrogen and oxygen atoms in total. The lowest BCUT2D eigenvalue weighted by Crippen LogP contribution is -2.29. The normalized spacial score (nSPS) is 27.8. The molecule has 1 aliphatic rings. The van der Waals surface area contributed by atoms with Crippen LogP contribution in [0.5, 0.6) is 0 Å². The number of esters is 1. The summed E-state index contributed by atoms with van der Waals surface area (Å²) < 4.78 is 4.76. The van der Waals surface area contributed by atoms with Gasteiger partial charge < -0.3 is 4.74 Å². The molecule has 3 atom stereocenters. The Balaban J connectivity index is 2.65. The number of hydrogen-bond acceptors (Lipinski definition) is 4. The highest BCUT2D eigenvalue weighted by Crippen LogP contribution is 2.38. The van der Waals surface area contributed by atoms with E-state index in [1.807, 2.05) is 6.92 Å². The van der Waals surface area contributed by atoms with Crippen LogP contribution in [0, 0.1) is 17.8 Å². The molecule has 0 aliphatic heterocycles. The molecule has 4 heteroatoms. The average Bonchev–Trinajstić information content (AvgIpc) is 2.60. The van der Waals surface area contributed by atoms with Gasteiger partial charge in [-0.25, -0.2) is 0 Å². The van der Waals surface area contributed by atoms with Crippen LogP contribution in [0.25, 0.3) is 0 Å². The first-order valence-corrected chi connectivity index (χ1v) is 6.16. The molecular formula is C13H20O4. The third-order valence-corrected chi connectivity index (χ3v) is 3.50. The van der Waals surface area contributed by atoms with Crippen LogP contribution < -0.4 is 0 Å². The predicted molar refractivity (Wildman–Crippen MR) is 62.3 cm³/mol. The molecule has 0 heterocycles. The van der Waals surface area contributed by atoms with E-state index in [1.54, 1.807) is 6.92 Å². The molecule has 0 aromatic rings. The van der Waals surface area contributed by atoms with Crippen LogP contribution in [0.1, 0.15) is 40.0 Å². The second kappa shape index (κ2) is 5.94. The minimum atomic E-state index is -0.487. The zero-order valence-corrected chi connectivity index (χ0v) is 10.7. The molecule has 0 aromatic carbocycles. The maximum Gasteiger partial charge on any atom is 0.313 e. The molecule has 1 rings (SSSR count). The first-order valence-electron chi connectivity index (χ1n) is 6.16. The largest absolute Gasteiger partial charge is 0.466 e. The van der Waals surface area contributed by atoms with Crippen molar-refractivity contribution >= 4 is 17.5 Å². The number of ether oxygens (including phenoxy) is 1. The van der Waals surface area contributed by atoms with E-state index in [-0.39, 0.29) is 42.3 Å².